The van der Waals surface area contributed by atoms with E-state index in [0.717, 1.165) is 34.7 Å². The molecule has 2 heterocycles. The number of aliphatic imine (C=N–C) groups is 1. The molecule has 0 fully saturated rings. The molecule has 1 unspecified atom stereocenters. The summed E-state index contributed by atoms with van der Waals surface area (Å²) in [6.07, 6.45) is 0.738. The van der Waals surface area contributed by atoms with E-state index in [-0.39, 0.29) is 11.9 Å². The van der Waals surface area contributed by atoms with Gasteiger partial charge in [-0.15, -0.1) is 0 Å². The minimum Gasteiger partial charge on any atom is -0.497 e. The lowest BCUT2D eigenvalue weighted by Gasteiger charge is -2.23. The predicted octanol–water partition coefficient (Wildman–Crippen LogP) is 3.54. The van der Waals surface area contributed by atoms with Gasteiger partial charge in [0.15, 0.2) is 5.17 Å². The second-order valence-corrected chi connectivity index (χ2v) is 7.85. The summed E-state index contributed by atoms with van der Waals surface area (Å²) in [6.45, 7) is 0. The largest absolute Gasteiger partial charge is 0.497 e. The fourth-order valence-electron chi connectivity index (χ4n) is 3.33. The first-order valence-electron chi connectivity index (χ1n) is 9.08. The number of ether oxygens (including phenoxy) is 1. The van der Waals surface area contributed by atoms with E-state index in [1.165, 1.54) is 11.8 Å². The molecule has 0 spiro atoms. The number of hydrogen-bond acceptors (Lipinski definition) is 6. The second-order valence-electron chi connectivity index (χ2n) is 6.91. The van der Waals surface area contributed by atoms with Crippen LogP contribution in [-0.2, 0) is 4.79 Å². The van der Waals surface area contributed by atoms with Gasteiger partial charge in [-0.2, -0.15) is 10.1 Å². The lowest BCUT2D eigenvalue weighted by Crippen LogP contribution is -2.23. The van der Waals surface area contributed by atoms with E-state index in [4.69, 9.17) is 9.84 Å². The predicted molar refractivity (Wildman–Crippen MR) is 114 cm³/mol. The molecule has 0 aliphatic carbocycles. The molecular formula is C21H22N4O2S. The number of carbonyl (C=O) groups excluding carboxylic acids is 1. The smallest absolute Gasteiger partial charge is 0.258 e. The van der Waals surface area contributed by atoms with Crippen molar-refractivity contribution in [3.8, 4) is 5.75 Å². The highest BCUT2D eigenvalue weighted by Gasteiger charge is 2.34. The monoisotopic (exact) mass is 394 g/mol. The summed E-state index contributed by atoms with van der Waals surface area (Å²) in [6, 6.07) is 16.4. The number of hydrogen-bond donors (Lipinski definition) is 0. The van der Waals surface area contributed by atoms with Crippen molar-refractivity contribution in [1.29, 1.82) is 0 Å². The van der Waals surface area contributed by atoms with Crippen LogP contribution in [0.3, 0.4) is 0 Å². The highest BCUT2D eigenvalue weighted by Crippen LogP contribution is 2.37. The third-order valence-electron chi connectivity index (χ3n) is 4.85. The molecule has 0 saturated carbocycles. The molecule has 4 rings (SSSR count). The maximum atomic E-state index is 11.7. The number of methoxy groups -OCH3 is 1. The highest BCUT2D eigenvalue weighted by molar-refractivity contribution is 8.14. The molecule has 2 aromatic carbocycles. The summed E-state index contributed by atoms with van der Waals surface area (Å²) in [7, 11) is 5.71. The maximum absolute atomic E-state index is 11.7. The number of thioether (sulfide) groups is 1. The van der Waals surface area contributed by atoms with Crippen molar-refractivity contribution in [3.05, 3.63) is 59.7 Å². The number of carbonyl (C=O) groups is 1. The van der Waals surface area contributed by atoms with Crippen LogP contribution in [0.1, 0.15) is 23.6 Å². The summed E-state index contributed by atoms with van der Waals surface area (Å²) in [5, 5.41) is 7.41. The lowest BCUT2D eigenvalue weighted by molar-refractivity contribution is -0.115. The molecule has 0 aromatic heterocycles. The van der Waals surface area contributed by atoms with Crippen molar-refractivity contribution in [2.45, 2.75) is 12.5 Å². The van der Waals surface area contributed by atoms with Crippen LogP contribution in [0.25, 0.3) is 0 Å². The number of amidine groups is 1. The Hall–Kier alpha value is -2.80. The normalized spacial score (nSPS) is 18.9. The average Bonchev–Trinajstić information content (AvgIpc) is 3.34. The van der Waals surface area contributed by atoms with Crippen LogP contribution in [-0.4, -0.2) is 48.8 Å². The number of benzene rings is 2. The first-order valence-corrected chi connectivity index (χ1v) is 10.1. The number of nitrogens with zero attached hydrogens (tertiary/aromatic N) is 4. The zero-order valence-corrected chi connectivity index (χ0v) is 16.9. The van der Waals surface area contributed by atoms with Gasteiger partial charge >= 0.3 is 0 Å². The Morgan fingerprint density at radius 3 is 2.61 bits per heavy atom. The lowest BCUT2D eigenvalue weighted by atomic mass is 9.98. The van der Waals surface area contributed by atoms with Gasteiger partial charge in [-0.05, 0) is 29.8 Å². The van der Waals surface area contributed by atoms with Gasteiger partial charge in [-0.1, -0.05) is 36.0 Å². The molecule has 0 bridgehead atoms. The topological polar surface area (TPSA) is 57.5 Å². The van der Waals surface area contributed by atoms with Crippen LogP contribution in [0.15, 0.2) is 58.6 Å². The minimum absolute atomic E-state index is 0.00885. The van der Waals surface area contributed by atoms with Crippen molar-refractivity contribution in [3.63, 3.8) is 0 Å². The van der Waals surface area contributed by atoms with Crippen LogP contribution < -0.4 is 9.64 Å². The SMILES string of the molecule is COc1cccc(C2=NN(C3=NC(=O)CS3)C(c3ccc(N(C)C)cc3)C2)c1. The molecule has 2 aliphatic rings. The summed E-state index contributed by atoms with van der Waals surface area (Å²) in [5.41, 5.74) is 4.27. The Bertz CT molecular complexity index is 953. The second kappa shape index (κ2) is 7.67. The third kappa shape index (κ3) is 3.62. The zero-order valence-electron chi connectivity index (χ0n) is 16.1. The van der Waals surface area contributed by atoms with Gasteiger partial charge in [0.2, 0.25) is 0 Å². The Morgan fingerprint density at radius 2 is 1.96 bits per heavy atom. The molecule has 7 heteroatoms. The summed E-state index contributed by atoms with van der Waals surface area (Å²) >= 11 is 1.45. The number of hydrazone groups is 1. The zero-order chi connectivity index (χ0) is 19.7. The summed E-state index contributed by atoms with van der Waals surface area (Å²) < 4.78 is 5.36. The number of anilines is 1. The summed E-state index contributed by atoms with van der Waals surface area (Å²) in [5.74, 6) is 1.07. The molecule has 144 valence electrons. The molecule has 1 amide bonds. The summed E-state index contributed by atoms with van der Waals surface area (Å²) in [4.78, 5) is 18.0. The Labute approximate surface area is 168 Å². The minimum atomic E-state index is -0.105. The van der Waals surface area contributed by atoms with E-state index >= 15 is 0 Å². The first-order chi connectivity index (χ1) is 13.5. The van der Waals surface area contributed by atoms with Gasteiger partial charge in [0.25, 0.3) is 5.91 Å². The molecule has 0 N–H and O–H groups in total. The first kappa shape index (κ1) is 18.6. The molecule has 2 aliphatic heterocycles. The molecular weight excluding hydrogens is 372 g/mol. The Morgan fingerprint density at radius 1 is 1.18 bits per heavy atom. The van der Waals surface area contributed by atoms with Gasteiger partial charge in [-0.25, -0.2) is 5.01 Å². The molecule has 2 aromatic rings. The van der Waals surface area contributed by atoms with Crippen molar-refractivity contribution in [2.24, 2.45) is 10.1 Å². The van der Waals surface area contributed by atoms with Gasteiger partial charge in [-0.3, -0.25) is 4.79 Å². The Kier molecular flexibility index (Phi) is 5.09. The van der Waals surface area contributed by atoms with Crippen molar-refractivity contribution < 1.29 is 9.53 Å². The van der Waals surface area contributed by atoms with Gasteiger partial charge in [0, 0.05) is 31.8 Å². The van der Waals surface area contributed by atoms with E-state index in [2.05, 4.69) is 34.2 Å². The Balaban J connectivity index is 1.69. The van der Waals surface area contributed by atoms with Crippen LogP contribution in [0, 0.1) is 0 Å². The van der Waals surface area contributed by atoms with Gasteiger partial charge < -0.3 is 9.64 Å². The average molecular weight is 395 g/mol. The molecule has 28 heavy (non-hydrogen) atoms. The van der Waals surface area contributed by atoms with Gasteiger partial charge in [0.05, 0.1) is 24.6 Å². The number of rotatable bonds is 4. The van der Waals surface area contributed by atoms with E-state index in [0.29, 0.717) is 10.9 Å². The highest BCUT2D eigenvalue weighted by atomic mass is 32.2. The maximum Gasteiger partial charge on any atom is 0.258 e. The van der Waals surface area contributed by atoms with Crippen LogP contribution in [0.4, 0.5) is 5.69 Å². The van der Waals surface area contributed by atoms with E-state index in [9.17, 15) is 4.79 Å². The van der Waals surface area contributed by atoms with Crippen LogP contribution in [0.2, 0.25) is 0 Å². The van der Waals surface area contributed by atoms with Gasteiger partial charge in [0.1, 0.15) is 5.75 Å². The van der Waals surface area contributed by atoms with Crippen molar-refractivity contribution >= 4 is 34.2 Å². The van der Waals surface area contributed by atoms with E-state index in [1.807, 2.05) is 43.4 Å². The fourth-order valence-corrected chi connectivity index (χ4v) is 4.12. The third-order valence-corrected chi connectivity index (χ3v) is 5.78. The number of amides is 1. The fraction of sp³-hybridized carbons (Fsp3) is 0.286. The molecule has 1 atom stereocenters. The van der Waals surface area contributed by atoms with Crippen molar-refractivity contribution in [1.82, 2.24) is 5.01 Å². The van der Waals surface area contributed by atoms with Crippen molar-refractivity contribution in [2.75, 3.05) is 31.9 Å². The van der Waals surface area contributed by atoms with E-state index < -0.39 is 0 Å². The standard InChI is InChI=1S/C21H22N4O2S/c1-24(2)16-9-7-14(8-10-16)19-12-18(15-5-4-6-17(11-15)27-3)23-25(19)21-22-20(26)13-28-21/h4-11,19H,12-13H2,1-3H3. The quantitative estimate of drug-likeness (QED) is 0.794. The van der Waals surface area contributed by atoms with Crippen LogP contribution >= 0.6 is 11.8 Å². The van der Waals surface area contributed by atoms with Crippen LogP contribution in [0.5, 0.6) is 5.75 Å². The molecule has 0 radical (unpaired) electrons. The molecule has 6 nitrogen and oxygen atoms in total. The molecule has 0 saturated heterocycles. The van der Waals surface area contributed by atoms with E-state index in [1.54, 1.807) is 7.11 Å².